The summed E-state index contributed by atoms with van der Waals surface area (Å²) in [7, 11) is 0. The number of hydrogen-bond donors (Lipinski definition) is 3. The number of hydrogen-bond acceptors (Lipinski definition) is 16. The Kier molecular flexibility index (Phi) is 10.9. The van der Waals surface area contributed by atoms with Crippen molar-refractivity contribution in [3.8, 4) is 0 Å². The largest absolute Gasteiger partial charge is 0.462 e. The fraction of sp³-hybridized carbons (Fsp3) is 0.833. The molecule has 18 unspecified atom stereocenters. The van der Waals surface area contributed by atoms with E-state index < -0.39 is 164 Å². The lowest BCUT2D eigenvalue weighted by Crippen LogP contribution is -2.73. The summed E-state index contributed by atoms with van der Waals surface area (Å²) in [6.07, 6.45) is -8.94. The van der Waals surface area contributed by atoms with Gasteiger partial charge in [0.15, 0.2) is 11.4 Å². The van der Waals surface area contributed by atoms with Gasteiger partial charge in [0.2, 0.25) is 0 Å². The molecule has 18 atom stereocenters. The number of ether oxygens (including phenoxy) is 5. The highest BCUT2D eigenvalue weighted by atomic mass is 16.6. The van der Waals surface area contributed by atoms with Crippen LogP contribution in [0.4, 0.5) is 0 Å². The Morgan fingerprint density at radius 1 is 0.594 bits per heavy atom. The van der Waals surface area contributed by atoms with Gasteiger partial charge in [0, 0.05) is 122 Å². The zero-order valence-electron chi connectivity index (χ0n) is 38.7. The van der Waals surface area contributed by atoms with E-state index in [0.29, 0.717) is 0 Å². The van der Waals surface area contributed by atoms with Crippen LogP contribution in [-0.2, 0) is 62.0 Å². The van der Waals surface area contributed by atoms with E-state index in [1.165, 1.54) is 27.7 Å². The van der Waals surface area contributed by atoms with Crippen LogP contribution in [0.25, 0.3) is 0 Å². The molecule has 0 amide bonds. The molecule has 0 aromatic carbocycles. The van der Waals surface area contributed by atoms with E-state index in [-0.39, 0.29) is 63.6 Å². The third-order valence-corrected chi connectivity index (χ3v) is 18.7. The van der Waals surface area contributed by atoms with Gasteiger partial charge in [-0.15, -0.1) is 0 Å². The molecule has 8 rings (SSSR count). The molecule has 1 heterocycles. The number of fused-ring (bicyclic) bond motifs is 7. The summed E-state index contributed by atoms with van der Waals surface area (Å²) in [6.45, 7) is 15.7. The molecule has 354 valence electrons. The number of carbonyl (C=O) groups excluding carboxylic acids is 8. The lowest BCUT2D eigenvalue weighted by molar-refractivity contribution is -0.278. The predicted octanol–water partition coefficient (Wildman–Crippen LogP) is 3.53. The molecule has 1 aliphatic heterocycles. The molecule has 16 heteroatoms. The van der Waals surface area contributed by atoms with E-state index in [1.807, 2.05) is 13.8 Å². The van der Waals surface area contributed by atoms with Crippen LogP contribution in [-0.4, -0.2) is 111 Å². The number of ketones is 3. The minimum Gasteiger partial charge on any atom is -0.462 e. The third-order valence-electron chi connectivity index (χ3n) is 18.7. The first-order chi connectivity index (χ1) is 29.5. The minimum absolute atomic E-state index is 0.00596. The molecule has 64 heavy (non-hydrogen) atoms. The summed E-state index contributed by atoms with van der Waals surface area (Å²) < 4.78 is 30.4. The van der Waals surface area contributed by atoms with E-state index in [1.54, 1.807) is 27.7 Å². The summed E-state index contributed by atoms with van der Waals surface area (Å²) in [5, 5.41) is 37.0. The molecule has 0 radical (unpaired) electrons. The highest BCUT2D eigenvalue weighted by Crippen LogP contribution is 2.74. The Bertz CT molecular complexity index is 2080. The van der Waals surface area contributed by atoms with Crippen molar-refractivity contribution >= 4 is 47.2 Å². The summed E-state index contributed by atoms with van der Waals surface area (Å²) in [4.78, 5) is 112. The van der Waals surface area contributed by atoms with Crippen molar-refractivity contribution < 1.29 is 77.4 Å². The van der Waals surface area contributed by atoms with Crippen LogP contribution in [0, 0.1) is 68.0 Å². The number of aliphatic hydroxyl groups excluding tert-OH is 3. The van der Waals surface area contributed by atoms with Crippen molar-refractivity contribution in [2.24, 2.45) is 68.0 Å². The maximum atomic E-state index is 16.1. The zero-order chi connectivity index (χ0) is 47.2. The SMILES string of the molecule is CC(=O)OC1CC2CC3(CC(=O)C4C(C)(C)C(OC(C)=O)CC(O)C4(C)C13)C(=O)OC1(CCC2=O)C(=O)C23CC(O)C4C(C)(C)C(OC(C)=O)CC(O)C4(C)C2C(OC(C)=O)CC1C3. The van der Waals surface area contributed by atoms with E-state index in [2.05, 4.69) is 0 Å². The first-order valence-electron chi connectivity index (χ1n) is 23.1. The van der Waals surface area contributed by atoms with Gasteiger partial charge >= 0.3 is 29.8 Å². The van der Waals surface area contributed by atoms with Gasteiger partial charge in [0.25, 0.3) is 0 Å². The monoisotopic (exact) mass is 898 g/mol. The predicted molar refractivity (Wildman–Crippen MR) is 220 cm³/mol. The summed E-state index contributed by atoms with van der Waals surface area (Å²) >= 11 is 0. The molecule has 0 aromatic heterocycles. The number of esters is 5. The quantitative estimate of drug-likeness (QED) is 0.270. The van der Waals surface area contributed by atoms with E-state index in [4.69, 9.17) is 23.7 Å². The maximum Gasteiger partial charge on any atom is 0.314 e. The number of rotatable bonds is 4. The van der Waals surface area contributed by atoms with Gasteiger partial charge in [0.05, 0.1) is 23.7 Å². The summed E-state index contributed by atoms with van der Waals surface area (Å²) in [5.74, 6) is -10.2. The van der Waals surface area contributed by atoms with Crippen molar-refractivity contribution in [1.82, 2.24) is 0 Å². The lowest BCUT2D eigenvalue weighted by atomic mass is 9.38. The molecule has 0 aromatic rings. The Hall–Kier alpha value is -3.76. The van der Waals surface area contributed by atoms with E-state index in [9.17, 15) is 39.3 Å². The van der Waals surface area contributed by atoms with Crippen molar-refractivity contribution in [2.75, 3.05) is 0 Å². The highest BCUT2D eigenvalue weighted by molar-refractivity contribution is 6.01. The molecule has 4 bridgehead atoms. The molecule has 8 aliphatic rings. The topological polar surface area (TPSA) is 243 Å². The summed E-state index contributed by atoms with van der Waals surface area (Å²) in [6, 6.07) is 0. The average Bonchev–Trinajstić information content (AvgIpc) is 3.32. The second-order valence-electron chi connectivity index (χ2n) is 22.8. The van der Waals surface area contributed by atoms with Crippen LogP contribution < -0.4 is 0 Å². The molecule has 7 aliphatic carbocycles. The van der Waals surface area contributed by atoms with Gasteiger partial charge in [-0.3, -0.25) is 38.4 Å². The standard InChI is InChI=1S/C48H66O16/c1-21(49)60-30-13-25-17-47(20-29(55)37-43(7,8)35(63-24(4)52)16-33(57)45(37,10)39(30)47)41(59)64-48(12-11-27(25)53)26-14-31(61-22(2)50)38-44(9)32(56)15-34(62-23(3)51)42(5,6)36(44)28(54)19-46(38,18-26)40(48)58/h25-26,28,30-39,54,56-57H,11-20H2,1-10H3. The van der Waals surface area contributed by atoms with Gasteiger partial charge in [0.1, 0.15) is 36.0 Å². The molecular weight excluding hydrogens is 833 g/mol. The zero-order valence-corrected chi connectivity index (χ0v) is 38.7. The summed E-state index contributed by atoms with van der Waals surface area (Å²) in [5.41, 5.74) is -10.2. The van der Waals surface area contributed by atoms with E-state index in [0.717, 1.165) is 0 Å². The van der Waals surface area contributed by atoms with Crippen molar-refractivity contribution in [3.05, 3.63) is 0 Å². The molecule has 16 nitrogen and oxygen atoms in total. The van der Waals surface area contributed by atoms with Gasteiger partial charge in [-0.25, -0.2) is 0 Å². The van der Waals surface area contributed by atoms with Crippen molar-refractivity contribution in [3.63, 3.8) is 0 Å². The Labute approximate surface area is 373 Å². The van der Waals surface area contributed by atoms with Gasteiger partial charge in [-0.2, -0.15) is 0 Å². The number of aliphatic hydroxyl groups is 3. The van der Waals surface area contributed by atoms with Gasteiger partial charge in [-0.1, -0.05) is 41.5 Å². The molecule has 3 spiro atoms. The van der Waals surface area contributed by atoms with Crippen LogP contribution in [0.2, 0.25) is 0 Å². The second kappa shape index (κ2) is 14.9. The second-order valence-corrected chi connectivity index (χ2v) is 22.8. The van der Waals surface area contributed by atoms with Gasteiger partial charge in [-0.05, 0) is 32.1 Å². The van der Waals surface area contributed by atoms with Crippen molar-refractivity contribution in [2.45, 2.75) is 182 Å². The number of carbonyl (C=O) groups is 8. The van der Waals surface area contributed by atoms with Crippen molar-refractivity contribution in [1.29, 1.82) is 0 Å². The van der Waals surface area contributed by atoms with Crippen LogP contribution in [0.5, 0.6) is 0 Å². The smallest absolute Gasteiger partial charge is 0.314 e. The van der Waals surface area contributed by atoms with E-state index >= 15 is 14.4 Å². The third kappa shape index (κ3) is 6.21. The fourth-order valence-corrected chi connectivity index (χ4v) is 17.1. The Morgan fingerprint density at radius 3 is 1.67 bits per heavy atom. The molecular formula is C48H66O16. The lowest BCUT2D eigenvalue weighted by Gasteiger charge is -2.67. The number of Topliss-reactive ketones (excluding diaryl/α,β-unsaturated/α-hetero) is 3. The normalized spacial score (nSPS) is 48.7. The molecule has 3 N–H and O–H groups in total. The van der Waals surface area contributed by atoms with Gasteiger partial charge < -0.3 is 39.0 Å². The first kappa shape index (κ1) is 46.8. The Morgan fingerprint density at radius 2 is 1.11 bits per heavy atom. The Balaban J connectivity index is 1.27. The first-order valence-corrected chi connectivity index (χ1v) is 23.1. The fourth-order valence-electron chi connectivity index (χ4n) is 17.1. The van der Waals surface area contributed by atoms with Crippen LogP contribution >= 0.6 is 0 Å². The molecule has 1 saturated heterocycles. The van der Waals surface area contributed by atoms with Crippen LogP contribution in [0.3, 0.4) is 0 Å². The van der Waals surface area contributed by atoms with Crippen LogP contribution in [0.15, 0.2) is 0 Å². The highest BCUT2D eigenvalue weighted by Gasteiger charge is 2.81. The molecule has 7 saturated carbocycles. The molecule has 8 fully saturated rings. The van der Waals surface area contributed by atoms with Crippen LogP contribution in [0.1, 0.15) is 133 Å². The average molecular weight is 899 g/mol. The maximum absolute atomic E-state index is 16.1. The minimum atomic E-state index is -2.00.